The van der Waals surface area contributed by atoms with Gasteiger partial charge in [-0.3, -0.25) is 4.79 Å². The summed E-state index contributed by atoms with van der Waals surface area (Å²) in [4.78, 5) is 22.7. The molecule has 0 aromatic carbocycles. The second kappa shape index (κ2) is 6.29. The van der Waals surface area contributed by atoms with E-state index in [1.807, 2.05) is 13.8 Å². The summed E-state index contributed by atoms with van der Waals surface area (Å²) in [7, 11) is 5.40. The molecule has 0 fully saturated rings. The SMILES string of the molecule is CC(C)CCC(=O)C(O)(CC(=O)[O-])C[N+](C)(C)C. The number of aliphatic carboxylic acids is 1. The first-order valence-electron chi connectivity index (χ1n) is 6.22. The van der Waals surface area contributed by atoms with Gasteiger partial charge < -0.3 is 19.5 Å². The van der Waals surface area contributed by atoms with Gasteiger partial charge in [0.05, 0.1) is 21.1 Å². The van der Waals surface area contributed by atoms with E-state index in [9.17, 15) is 19.8 Å². The predicted octanol–water partition coefficient (Wildman–Crippen LogP) is -0.431. The zero-order valence-corrected chi connectivity index (χ0v) is 12.0. The van der Waals surface area contributed by atoms with E-state index < -0.39 is 23.8 Å². The summed E-state index contributed by atoms with van der Waals surface area (Å²) in [5.41, 5.74) is -1.83. The van der Waals surface area contributed by atoms with Crippen LogP contribution in [0.1, 0.15) is 33.1 Å². The van der Waals surface area contributed by atoms with E-state index in [0.29, 0.717) is 16.8 Å². The molecule has 0 saturated carbocycles. The first kappa shape index (κ1) is 17.1. The number of nitrogens with zero attached hydrogens (tertiary/aromatic N) is 1. The number of carbonyl (C=O) groups is 2. The van der Waals surface area contributed by atoms with Crippen LogP contribution in [0.4, 0.5) is 0 Å². The fraction of sp³-hybridized carbons (Fsp3) is 0.846. The van der Waals surface area contributed by atoms with Crippen LogP contribution in [0.25, 0.3) is 0 Å². The number of likely N-dealkylation sites (N-methyl/N-ethyl adjacent to an activating group) is 1. The van der Waals surface area contributed by atoms with Crippen molar-refractivity contribution in [3.05, 3.63) is 0 Å². The van der Waals surface area contributed by atoms with Gasteiger partial charge in [0.2, 0.25) is 0 Å². The van der Waals surface area contributed by atoms with Crippen LogP contribution in [-0.4, -0.2) is 54.6 Å². The molecule has 0 aromatic rings. The molecule has 0 aromatic heterocycles. The van der Waals surface area contributed by atoms with Crippen molar-refractivity contribution in [3.8, 4) is 0 Å². The summed E-state index contributed by atoms with van der Waals surface area (Å²) in [6.07, 6.45) is 0.201. The average Bonchev–Trinajstić information content (AvgIpc) is 2.09. The fourth-order valence-corrected chi connectivity index (χ4v) is 1.92. The van der Waals surface area contributed by atoms with E-state index >= 15 is 0 Å². The molecular formula is C13H25NO4. The molecule has 0 amide bonds. The zero-order chi connectivity index (χ0) is 14.6. The smallest absolute Gasteiger partial charge is 0.177 e. The Balaban J connectivity index is 4.85. The van der Waals surface area contributed by atoms with Crippen LogP contribution in [0.3, 0.4) is 0 Å². The van der Waals surface area contributed by atoms with E-state index in [2.05, 4.69) is 0 Å². The van der Waals surface area contributed by atoms with Crippen LogP contribution in [0.15, 0.2) is 0 Å². The third-order valence-corrected chi connectivity index (χ3v) is 2.64. The fourth-order valence-electron chi connectivity index (χ4n) is 1.92. The Morgan fingerprint density at radius 3 is 2.11 bits per heavy atom. The van der Waals surface area contributed by atoms with E-state index in [-0.39, 0.29) is 13.0 Å². The molecule has 5 heteroatoms. The van der Waals surface area contributed by atoms with Crippen LogP contribution in [0.5, 0.6) is 0 Å². The maximum absolute atomic E-state index is 12.0. The number of rotatable bonds is 8. The van der Waals surface area contributed by atoms with Gasteiger partial charge in [-0.1, -0.05) is 13.8 Å². The molecule has 0 aliphatic carbocycles. The molecule has 1 unspecified atom stereocenters. The minimum Gasteiger partial charge on any atom is -0.550 e. The van der Waals surface area contributed by atoms with Gasteiger partial charge in [0, 0.05) is 18.8 Å². The molecule has 0 bridgehead atoms. The van der Waals surface area contributed by atoms with Crippen molar-refractivity contribution in [2.45, 2.75) is 38.7 Å². The lowest BCUT2D eigenvalue weighted by Crippen LogP contribution is -2.56. The molecule has 106 valence electrons. The van der Waals surface area contributed by atoms with Gasteiger partial charge >= 0.3 is 0 Å². The average molecular weight is 259 g/mol. The Bertz CT molecular complexity index is 307. The molecule has 18 heavy (non-hydrogen) atoms. The number of carboxylic acid groups (broad SMARTS) is 1. The van der Waals surface area contributed by atoms with Crippen molar-refractivity contribution in [1.82, 2.24) is 0 Å². The second-order valence-electron chi connectivity index (χ2n) is 6.38. The third kappa shape index (κ3) is 6.71. The Morgan fingerprint density at radius 2 is 1.78 bits per heavy atom. The largest absolute Gasteiger partial charge is 0.550 e. The summed E-state index contributed by atoms with van der Waals surface area (Å²) < 4.78 is 0.317. The number of hydrogen-bond donors (Lipinski definition) is 1. The standard InChI is InChI=1S/C13H25NO4/c1-10(2)6-7-11(15)13(18,8-12(16)17)9-14(3,4)5/h10,18H,6-9H2,1-5H3. The molecule has 1 N–H and O–H groups in total. The molecule has 1 atom stereocenters. The number of Topliss-reactive ketones (excluding diaryl/α,β-unsaturated/α-hetero) is 1. The summed E-state index contributed by atoms with van der Waals surface area (Å²) >= 11 is 0. The molecule has 0 heterocycles. The van der Waals surface area contributed by atoms with Gasteiger partial charge in [-0.2, -0.15) is 0 Å². The summed E-state index contributed by atoms with van der Waals surface area (Å²) in [5.74, 6) is -1.47. The Hall–Kier alpha value is -0.940. The molecule has 0 rings (SSSR count). The molecule has 0 spiro atoms. The maximum Gasteiger partial charge on any atom is 0.177 e. The van der Waals surface area contributed by atoms with Crippen molar-refractivity contribution < 1.29 is 24.3 Å². The Morgan fingerprint density at radius 1 is 1.28 bits per heavy atom. The highest BCUT2D eigenvalue weighted by molar-refractivity contribution is 5.90. The molecule has 0 aliphatic heterocycles. The van der Waals surface area contributed by atoms with Crippen molar-refractivity contribution in [1.29, 1.82) is 0 Å². The van der Waals surface area contributed by atoms with Crippen LogP contribution in [0.2, 0.25) is 0 Å². The van der Waals surface area contributed by atoms with E-state index in [0.717, 1.165) is 0 Å². The van der Waals surface area contributed by atoms with Crippen LogP contribution >= 0.6 is 0 Å². The van der Waals surface area contributed by atoms with Gasteiger partial charge in [0.25, 0.3) is 0 Å². The number of carboxylic acids is 1. The Kier molecular flexibility index (Phi) is 5.96. The highest BCUT2D eigenvalue weighted by Gasteiger charge is 2.40. The van der Waals surface area contributed by atoms with Gasteiger partial charge in [-0.05, 0) is 12.3 Å². The van der Waals surface area contributed by atoms with Crippen LogP contribution in [-0.2, 0) is 9.59 Å². The summed E-state index contributed by atoms with van der Waals surface area (Å²) in [6.45, 7) is 4.02. The topological polar surface area (TPSA) is 77.4 Å². The van der Waals surface area contributed by atoms with E-state index in [1.54, 1.807) is 21.1 Å². The van der Waals surface area contributed by atoms with Gasteiger partial charge in [-0.25, -0.2) is 0 Å². The summed E-state index contributed by atoms with van der Waals surface area (Å²) in [6, 6.07) is 0. The first-order chi connectivity index (χ1) is 7.96. The maximum atomic E-state index is 12.0. The number of carbonyl (C=O) groups excluding carboxylic acids is 2. The molecule has 0 radical (unpaired) electrons. The lowest BCUT2D eigenvalue weighted by Gasteiger charge is -2.35. The van der Waals surface area contributed by atoms with Gasteiger partial charge in [0.15, 0.2) is 11.4 Å². The van der Waals surface area contributed by atoms with Crippen LogP contribution in [0, 0.1) is 5.92 Å². The zero-order valence-electron chi connectivity index (χ0n) is 12.0. The normalized spacial score (nSPS) is 15.5. The monoisotopic (exact) mass is 259 g/mol. The van der Waals surface area contributed by atoms with Crippen molar-refractivity contribution in [2.24, 2.45) is 5.92 Å². The lowest BCUT2D eigenvalue weighted by molar-refractivity contribution is -0.875. The molecule has 0 saturated heterocycles. The van der Waals surface area contributed by atoms with Crippen molar-refractivity contribution >= 4 is 11.8 Å². The highest BCUT2D eigenvalue weighted by Crippen LogP contribution is 2.19. The van der Waals surface area contributed by atoms with Gasteiger partial charge in [0.1, 0.15) is 6.54 Å². The summed E-state index contributed by atoms with van der Waals surface area (Å²) in [5, 5.41) is 21.0. The number of hydrogen-bond acceptors (Lipinski definition) is 4. The van der Waals surface area contributed by atoms with E-state index in [4.69, 9.17) is 0 Å². The number of quaternary nitrogens is 1. The first-order valence-corrected chi connectivity index (χ1v) is 6.22. The highest BCUT2D eigenvalue weighted by atomic mass is 16.4. The second-order valence-corrected chi connectivity index (χ2v) is 6.38. The third-order valence-electron chi connectivity index (χ3n) is 2.64. The van der Waals surface area contributed by atoms with Crippen LogP contribution < -0.4 is 5.11 Å². The molecule has 5 nitrogen and oxygen atoms in total. The molecule has 0 aliphatic rings. The Labute approximate surface area is 109 Å². The lowest BCUT2D eigenvalue weighted by atomic mass is 9.89. The van der Waals surface area contributed by atoms with Crippen molar-refractivity contribution in [2.75, 3.05) is 27.7 Å². The molecular weight excluding hydrogens is 234 g/mol. The quantitative estimate of drug-likeness (QED) is 0.600. The predicted molar refractivity (Wildman–Crippen MR) is 66.6 cm³/mol. The minimum absolute atomic E-state index is 0.0674. The van der Waals surface area contributed by atoms with Crippen molar-refractivity contribution in [3.63, 3.8) is 0 Å². The van der Waals surface area contributed by atoms with Gasteiger partial charge in [-0.15, -0.1) is 0 Å². The van der Waals surface area contributed by atoms with E-state index in [1.165, 1.54) is 0 Å². The minimum atomic E-state index is -1.83. The number of aliphatic hydroxyl groups is 1. The number of ketones is 1.